The molecule has 0 spiro atoms. The molecule has 0 saturated carbocycles. The lowest BCUT2D eigenvalue weighted by Crippen LogP contribution is -2.25. The van der Waals surface area contributed by atoms with Gasteiger partial charge in [0, 0.05) is 28.7 Å². The Morgan fingerprint density at radius 1 is 0.793 bits per heavy atom. The molecule has 2 aliphatic rings. The number of hydrogen-bond donors (Lipinski definition) is 0. The Kier molecular flexibility index (Phi) is 4.50. The molecule has 8 nitrogen and oxygen atoms in total. The molecule has 0 amide bonds. The Hall–Kier alpha value is -2.40. The quantitative estimate of drug-likeness (QED) is 0.563. The van der Waals surface area contributed by atoms with Gasteiger partial charge in [0.1, 0.15) is 12.2 Å². The zero-order chi connectivity index (χ0) is 21.1. The fourth-order valence-electron chi connectivity index (χ4n) is 3.88. The molecule has 29 heavy (non-hydrogen) atoms. The van der Waals surface area contributed by atoms with E-state index in [2.05, 4.69) is 0 Å². The van der Waals surface area contributed by atoms with Crippen LogP contribution in [0.15, 0.2) is 36.4 Å². The summed E-state index contributed by atoms with van der Waals surface area (Å²) in [4.78, 5) is 26.0. The predicted octanol–water partition coefficient (Wildman–Crippen LogP) is 1.38. The summed E-state index contributed by atoms with van der Waals surface area (Å²) >= 11 is 0. The van der Waals surface area contributed by atoms with Gasteiger partial charge < -0.3 is 0 Å². The van der Waals surface area contributed by atoms with Crippen molar-refractivity contribution in [1.82, 2.24) is 0 Å². The number of fused-ring (bicyclic) bond motifs is 4. The van der Waals surface area contributed by atoms with Crippen LogP contribution in [0.1, 0.15) is 49.1 Å². The SMILES string of the molecule is CS(=O)(=O)O[C@@H]1Cc2c(ccc3c2C(=O)c2ccccc2C3=O)[C@@H]1OS(C)(=O)=O. The van der Waals surface area contributed by atoms with E-state index >= 15 is 0 Å². The predicted molar refractivity (Wildman–Crippen MR) is 102 cm³/mol. The molecule has 0 unspecified atom stereocenters. The summed E-state index contributed by atoms with van der Waals surface area (Å²) in [7, 11) is -7.89. The van der Waals surface area contributed by atoms with Crippen molar-refractivity contribution in [3.63, 3.8) is 0 Å². The molecule has 0 aliphatic heterocycles. The Labute approximate surface area is 167 Å². The molecule has 0 aromatic heterocycles. The van der Waals surface area contributed by atoms with Gasteiger partial charge in [0.25, 0.3) is 20.2 Å². The van der Waals surface area contributed by atoms with Crippen molar-refractivity contribution in [3.05, 3.63) is 69.8 Å². The summed E-state index contributed by atoms with van der Waals surface area (Å²) in [6.07, 6.45) is -0.839. The van der Waals surface area contributed by atoms with E-state index in [0.29, 0.717) is 11.1 Å². The second-order valence-corrected chi connectivity index (χ2v) is 10.2. The van der Waals surface area contributed by atoms with E-state index in [9.17, 15) is 26.4 Å². The molecule has 152 valence electrons. The monoisotopic (exact) mass is 436 g/mol. The van der Waals surface area contributed by atoms with Crippen LogP contribution in [0.3, 0.4) is 0 Å². The highest BCUT2D eigenvalue weighted by atomic mass is 32.2. The van der Waals surface area contributed by atoms with Gasteiger partial charge in [0.15, 0.2) is 11.6 Å². The molecule has 0 saturated heterocycles. The summed E-state index contributed by atoms with van der Waals surface area (Å²) in [6.45, 7) is 0. The van der Waals surface area contributed by atoms with Crippen LogP contribution in [0.25, 0.3) is 0 Å². The lowest BCUT2D eigenvalue weighted by Gasteiger charge is -2.20. The van der Waals surface area contributed by atoms with Crippen molar-refractivity contribution < 1.29 is 34.8 Å². The van der Waals surface area contributed by atoms with Crippen LogP contribution in [0.4, 0.5) is 0 Å². The number of rotatable bonds is 4. The first kappa shape index (κ1) is 19.9. The van der Waals surface area contributed by atoms with Crippen LogP contribution in [-0.4, -0.2) is 47.0 Å². The molecule has 0 radical (unpaired) electrons. The average Bonchev–Trinajstić information content (AvgIpc) is 2.93. The standard InChI is InChI=1S/C19H16O8S2/c1-28(22,23)26-15-9-14-12(19(15)27-29(2,24)25)7-8-13-16(14)18(21)11-6-4-3-5-10(11)17(13)20/h3-8,15,19H,9H2,1-2H3/t15-,19+/m1/s1. The Balaban J connectivity index is 1.89. The minimum atomic E-state index is -3.96. The number of carbonyl (C=O) groups is 2. The third-order valence-corrected chi connectivity index (χ3v) is 6.02. The van der Waals surface area contributed by atoms with E-state index in [1.807, 2.05) is 0 Å². The van der Waals surface area contributed by atoms with Gasteiger partial charge in [-0.2, -0.15) is 16.8 Å². The van der Waals surface area contributed by atoms with E-state index in [0.717, 1.165) is 12.5 Å². The topological polar surface area (TPSA) is 121 Å². The third-order valence-electron chi connectivity index (χ3n) is 4.86. The first-order chi connectivity index (χ1) is 13.5. The minimum absolute atomic E-state index is 0.0903. The third kappa shape index (κ3) is 3.52. The van der Waals surface area contributed by atoms with E-state index in [-0.39, 0.29) is 40.2 Å². The van der Waals surface area contributed by atoms with Gasteiger partial charge in [0.05, 0.1) is 12.5 Å². The van der Waals surface area contributed by atoms with Crippen molar-refractivity contribution in [2.45, 2.75) is 18.6 Å². The summed E-state index contributed by atoms with van der Waals surface area (Å²) in [5.74, 6) is -0.712. The van der Waals surface area contributed by atoms with Crippen LogP contribution in [0.2, 0.25) is 0 Å². The normalized spacial score (nSPS) is 20.9. The van der Waals surface area contributed by atoms with Crippen molar-refractivity contribution in [2.75, 3.05) is 12.5 Å². The highest BCUT2D eigenvalue weighted by Gasteiger charge is 2.43. The highest BCUT2D eigenvalue weighted by molar-refractivity contribution is 7.86. The molecule has 0 heterocycles. The summed E-state index contributed by atoms with van der Waals surface area (Å²) < 4.78 is 56.9. The second-order valence-electron chi connectivity index (χ2n) is 7.02. The first-order valence-corrected chi connectivity index (χ1v) is 12.2. The summed E-state index contributed by atoms with van der Waals surface area (Å²) in [6, 6.07) is 9.33. The fourth-order valence-corrected chi connectivity index (χ4v) is 5.10. The molecule has 0 bridgehead atoms. The summed E-state index contributed by atoms with van der Waals surface area (Å²) in [5.41, 5.74) is 1.52. The lowest BCUT2D eigenvalue weighted by molar-refractivity contribution is 0.0780. The molecule has 2 aromatic carbocycles. The first-order valence-electron chi connectivity index (χ1n) is 8.57. The van der Waals surface area contributed by atoms with Crippen LogP contribution in [-0.2, 0) is 35.0 Å². The van der Waals surface area contributed by atoms with Gasteiger partial charge >= 0.3 is 0 Å². The maximum absolute atomic E-state index is 13.1. The second kappa shape index (κ2) is 6.56. The molecule has 4 rings (SSSR count). The largest absolute Gasteiger partial charge is 0.289 e. The van der Waals surface area contributed by atoms with Gasteiger partial charge in [-0.1, -0.05) is 30.3 Å². The van der Waals surface area contributed by atoms with Gasteiger partial charge in [-0.3, -0.25) is 18.0 Å². The highest BCUT2D eigenvalue weighted by Crippen LogP contribution is 2.42. The van der Waals surface area contributed by atoms with E-state index in [4.69, 9.17) is 8.37 Å². The van der Waals surface area contributed by atoms with E-state index in [1.54, 1.807) is 24.3 Å². The molecule has 2 aromatic rings. The zero-order valence-electron chi connectivity index (χ0n) is 15.4. The molecular weight excluding hydrogens is 420 g/mol. The fraction of sp³-hybridized carbons (Fsp3) is 0.263. The molecule has 2 atom stereocenters. The molecular formula is C19H16O8S2. The van der Waals surface area contributed by atoms with Crippen molar-refractivity contribution in [2.24, 2.45) is 0 Å². The smallest absolute Gasteiger partial charge is 0.265 e. The number of carbonyl (C=O) groups excluding carboxylic acids is 2. The van der Waals surface area contributed by atoms with Crippen molar-refractivity contribution >= 4 is 31.8 Å². The summed E-state index contributed by atoms with van der Waals surface area (Å²) in [5, 5.41) is 0. The van der Waals surface area contributed by atoms with Crippen LogP contribution in [0.5, 0.6) is 0 Å². The van der Waals surface area contributed by atoms with Gasteiger partial charge in [0.2, 0.25) is 0 Å². The molecule has 10 heteroatoms. The Bertz CT molecular complexity index is 1280. The number of ketones is 2. The van der Waals surface area contributed by atoms with Crippen molar-refractivity contribution in [3.8, 4) is 0 Å². The van der Waals surface area contributed by atoms with Crippen LogP contribution >= 0.6 is 0 Å². The van der Waals surface area contributed by atoms with Crippen molar-refractivity contribution in [1.29, 1.82) is 0 Å². The van der Waals surface area contributed by atoms with Gasteiger partial charge in [-0.15, -0.1) is 0 Å². The van der Waals surface area contributed by atoms with Gasteiger partial charge in [-0.05, 0) is 17.2 Å². The number of hydrogen-bond acceptors (Lipinski definition) is 8. The van der Waals surface area contributed by atoms with E-state index in [1.165, 1.54) is 12.1 Å². The van der Waals surface area contributed by atoms with Crippen LogP contribution in [0, 0.1) is 0 Å². The maximum Gasteiger partial charge on any atom is 0.265 e. The maximum atomic E-state index is 13.1. The van der Waals surface area contributed by atoms with E-state index < -0.39 is 32.4 Å². The zero-order valence-corrected chi connectivity index (χ0v) is 17.0. The van der Waals surface area contributed by atoms with Gasteiger partial charge in [-0.25, -0.2) is 0 Å². The molecule has 0 N–H and O–H groups in total. The Morgan fingerprint density at radius 3 is 1.97 bits per heavy atom. The lowest BCUT2D eigenvalue weighted by atomic mass is 9.81. The average molecular weight is 436 g/mol. The molecule has 0 fully saturated rings. The molecule has 2 aliphatic carbocycles. The van der Waals surface area contributed by atoms with Crippen LogP contribution < -0.4 is 0 Å². The minimum Gasteiger partial charge on any atom is -0.289 e. The number of benzene rings is 2. The Morgan fingerprint density at radius 2 is 1.38 bits per heavy atom.